The highest BCUT2D eigenvalue weighted by atomic mass is 16.5. The number of hydrogen-bond acceptors (Lipinski definition) is 6. The average molecular weight is 485 g/mol. The fourth-order valence-electron chi connectivity index (χ4n) is 4.36. The average Bonchev–Trinajstić information content (AvgIpc) is 3.51. The molecule has 184 valence electrons. The molecule has 0 aliphatic carbocycles. The van der Waals surface area contributed by atoms with Crippen LogP contribution in [0.2, 0.25) is 0 Å². The molecule has 1 atom stereocenters. The Labute approximate surface area is 208 Å². The number of nitrogens with one attached hydrogen (secondary N) is 1. The first kappa shape index (κ1) is 23.5. The van der Waals surface area contributed by atoms with Crippen molar-refractivity contribution in [3.8, 4) is 22.8 Å². The topological polar surface area (TPSA) is 96.4 Å². The fourth-order valence-corrected chi connectivity index (χ4v) is 4.36. The Morgan fingerprint density at radius 1 is 1.14 bits per heavy atom. The van der Waals surface area contributed by atoms with Crippen LogP contribution in [0.5, 0.6) is 11.5 Å². The second-order valence-electron chi connectivity index (χ2n) is 9.05. The van der Waals surface area contributed by atoms with Gasteiger partial charge in [-0.2, -0.15) is 5.10 Å². The van der Waals surface area contributed by atoms with Crippen molar-refractivity contribution in [3.63, 3.8) is 0 Å². The Morgan fingerprint density at radius 2 is 1.89 bits per heavy atom. The summed E-state index contributed by atoms with van der Waals surface area (Å²) in [6.07, 6.45) is 5.62. The lowest BCUT2D eigenvalue weighted by Gasteiger charge is -2.15. The largest absolute Gasteiger partial charge is 0.457 e. The van der Waals surface area contributed by atoms with E-state index in [9.17, 15) is 9.59 Å². The highest BCUT2D eigenvalue weighted by molar-refractivity contribution is 5.91. The molecule has 5 rings (SSSR count). The van der Waals surface area contributed by atoms with Crippen molar-refractivity contribution in [2.45, 2.75) is 12.5 Å². The third kappa shape index (κ3) is 4.92. The van der Waals surface area contributed by atoms with Crippen LogP contribution < -0.4 is 10.3 Å². The van der Waals surface area contributed by atoms with Gasteiger partial charge in [0.1, 0.15) is 22.6 Å². The van der Waals surface area contributed by atoms with Crippen LogP contribution in [0.1, 0.15) is 12.5 Å². The first-order valence-corrected chi connectivity index (χ1v) is 11.9. The smallest absolute Gasteiger partial charge is 0.262 e. The summed E-state index contributed by atoms with van der Waals surface area (Å²) in [6, 6.07) is 17.0. The van der Waals surface area contributed by atoms with Crippen molar-refractivity contribution < 1.29 is 9.53 Å². The number of ether oxygens (including phenoxy) is 1. The van der Waals surface area contributed by atoms with Crippen LogP contribution in [0.3, 0.4) is 0 Å². The van der Waals surface area contributed by atoms with E-state index in [2.05, 4.69) is 9.97 Å². The summed E-state index contributed by atoms with van der Waals surface area (Å²) in [5, 5.41) is 5.26. The van der Waals surface area contributed by atoms with Gasteiger partial charge in [0.15, 0.2) is 5.65 Å². The molecule has 0 bridgehead atoms. The molecule has 9 nitrogen and oxygen atoms in total. The van der Waals surface area contributed by atoms with E-state index in [1.165, 1.54) is 6.33 Å². The molecule has 0 saturated carbocycles. The number of nitrogens with zero attached hydrogens (tertiary/aromatic N) is 5. The minimum atomic E-state index is -0.247. The third-order valence-electron chi connectivity index (χ3n) is 6.15. The van der Waals surface area contributed by atoms with Crippen molar-refractivity contribution >= 4 is 16.9 Å². The second kappa shape index (κ2) is 10.2. The normalized spacial score (nSPS) is 15.9. The summed E-state index contributed by atoms with van der Waals surface area (Å²) >= 11 is 0. The molecule has 1 unspecified atom stereocenters. The van der Waals surface area contributed by atoms with E-state index < -0.39 is 0 Å². The molecule has 3 heterocycles. The van der Waals surface area contributed by atoms with Gasteiger partial charge >= 0.3 is 0 Å². The Kier molecular flexibility index (Phi) is 6.64. The number of likely N-dealkylation sites (tertiary alicyclic amines) is 1. The number of para-hydroxylation sites is 1. The molecule has 4 aromatic rings. The first-order valence-electron chi connectivity index (χ1n) is 11.9. The van der Waals surface area contributed by atoms with Crippen LogP contribution >= 0.6 is 0 Å². The zero-order chi connectivity index (χ0) is 25.1. The van der Waals surface area contributed by atoms with Crippen molar-refractivity contribution in [1.29, 1.82) is 0 Å². The molecular formula is C27H28N6O3. The van der Waals surface area contributed by atoms with Crippen LogP contribution in [0, 0.1) is 0 Å². The van der Waals surface area contributed by atoms with Gasteiger partial charge in [-0.3, -0.25) is 9.59 Å². The van der Waals surface area contributed by atoms with Gasteiger partial charge in [-0.1, -0.05) is 24.3 Å². The first-order chi connectivity index (χ1) is 17.5. The van der Waals surface area contributed by atoms with E-state index in [-0.39, 0.29) is 17.5 Å². The minimum Gasteiger partial charge on any atom is -0.457 e. The molecule has 9 heteroatoms. The van der Waals surface area contributed by atoms with Gasteiger partial charge in [-0.05, 0) is 56.9 Å². The highest BCUT2D eigenvalue weighted by Gasteiger charge is 2.30. The van der Waals surface area contributed by atoms with Crippen LogP contribution in [-0.2, 0) is 4.79 Å². The van der Waals surface area contributed by atoms with Gasteiger partial charge < -0.3 is 19.5 Å². The molecule has 1 fully saturated rings. The molecular weight excluding hydrogens is 456 g/mol. The van der Waals surface area contributed by atoms with E-state index in [1.54, 1.807) is 10.8 Å². The van der Waals surface area contributed by atoms with Gasteiger partial charge in [0.25, 0.3) is 5.56 Å². The number of H-pyrrole nitrogens is 1. The van der Waals surface area contributed by atoms with Crippen molar-refractivity contribution in [2.24, 2.45) is 0 Å². The van der Waals surface area contributed by atoms with Crippen LogP contribution in [0.4, 0.5) is 0 Å². The number of fused-ring (bicyclic) bond motifs is 1. The lowest BCUT2D eigenvalue weighted by Crippen LogP contribution is -2.28. The molecule has 1 aliphatic heterocycles. The number of hydrogen-bond donors (Lipinski definition) is 1. The molecule has 1 amide bonds. The van der Waals surface area contributed by atoms with E-state index in [0.717, 1.165) is 17.7 Å². The summed E-state index contributed by atoms with van der Waals surface area (Å²) in [5.41, 5.74) is 1.61. The maximum Gasteiger partial charge on any atom is 0.262 e. The number of aromatic amines is 1. The molecule has 2 aromatic carbocycles. The van der Waals surface area contributed by atoms with Crippen LogP contribution in [0.15, 0.2) is 77.9 Å². The second-order valence-corrected chi connectivity index (χ2v) is 9.05. The van der Waals surface area contributed by atoms with E-state index in [1.807, 2.05) is 84.6 Å². The SMILES string of the molecule is CN(C)CC=CC(=O)N1CCC(n2nc(-c3ccc(Oc4ccccc4)cc3)c3c(=O)[nH]cnc32)C1. The monoisotopic (exact) mass is 484 g/mol. The van der Waals surface area contributed by atoms with E-state index in [0.29, 0.717) is 42.1 Å². The third-order valence-corrected chi connectivity index (χ3v) is 6.15. The number of carbonyl (C=O) groups is 1. The summed E-state index contributed by atoms with van der Waals surface area (Å²) in [6.45, 7) is 1.85. The van der Waals surface area contributed by atoms with Crippen LogP contribution in [0.25, 0.3) is 22.3 Å². The number of amides is 1. The van der Waals surface area contributed by atoms with Gasteiger partial charge in [0, 0.05) is 31.3 Å². The lowest BCUT2D eigenvalue weighted by molar-refractivity contribution is -0.125. The quantitative estimate of drug-likeness (QED) is 0.404. The van der Waals surface area contributed by atoms with E-state index >= 15 is 0 Å². The Hall–Kier alpha value is -4.24. The number of aromatic nitrogens is 4. The van der Waals surface area contributed by atoms with E-state index in [4.69, 9.17) is 9.84 Å². The summed E-state index contributed by atoms with van der Waals surface area (Å²) in [7, 11) is 3.92. The number of carbonyl (C=O) groups excluding carboxylic acids is 1. The van der Waals surface area contributed by atoms with Crippen molar-refractivity contribution in [2.75, 3.05) is 33.7 Å². The molecule has 0 spiro atoms. The number of benzene rings is 2. The van der Waals surface area contributed by atoms with Gasteiger partial charge in [-0.25, -0.2) is 9.67 Å². The minimum absolute atomic E-state index is 0.0177. The number of likely N-dealkylation sites (N-methyl/N-ethyl adjacent to an activating group) is 1. The van der Waals surface area contributed by atoms with Gasteiger partial charge in [-0.15, -0.1) is 0 Å². The predicted molar refractivity (Wildman–Crippen MR) is 138 cm³/mol. The molecule has 1 aliphatic rings. The predicted octanol–water partition coefficient (Wildman–Crippen LogP) is 3.47. The molecule has 2 aromatic heterocycles. The molecule has 0 radical (unpaired) electrons. The lowest BCUT2D eigenvalue weighted by atomic mass is 10.1. The zero-order valence-electron chi connectivity index (χ0n) is 20.3. The zero-order valence-corrected chi connectivity index (χ0v) is 20.3. The standard InChI is InChI=1S/C27H28N6O3/c1-31(2)15-6-9-23(34)32-16-14-20(17-32)33-26-24(27(35)29-18-28-26)25(30-33)19-10-12-22(13-11-19)36-21-7-4-3-5-8-21/h3-13,18,20H,14-17H2,1-2H3,(H,28,29,35). The fraction of sp³-hybridized carbons (Fsp3) is 0.259. The Morgan fingerprint density at radius 3 is 2.64 bits per heavy atom. The molecule has 36 heavy (non-hydrogen) atoms. The summed E-state index contributed by atoms with van der Waals surface area (Å²) in [5.74, 6) is 1.42. The number of rotatable bonds is 7. The van der Waals surface area contributed by atoms with Crippen LogP contribution in [-0.4, -0.2) is 69.2 Å². The Bertz CT molecular complexity index is 1440. The maximum atomic E-state index is 12.8. The molecule has 1 saturated heterocycles. The van der Waals surface area contributed by atoms with Crippen molar-refractivity contribution in [1.82, 2.24) is 29.5 Å². The van der Waals surface area contributed by atoms with Crippen molar-refractivity contribution in [3.05, 3.63) is 83.4 Å². The Balaban J connectivity index is 1.41. The van der Waals surface area contributed by atoms with Gasteiger partial charge in [0.05, 0.1) is 12.4 Å². The summed E-state index contributed by atoms with van der Waals surface area (Å²) < 4.78 is 7.69. The summed E-state index contributed by atoms with van der Waals surface area (Å²) in [4.78, 5) is 36.3. The highest BCUT2D eigenvalue weighted by Crippen LogP contribution is 2.31. The molecule has 1 N–H and O–H groups in total. The maximum absolute atomic E-state index is 12.8. The van der Waals surface area contributed by atoms with Gasteiger partial charge in [0.2, 0.25) is 5.91 Å².